The second-order valence-corrected chi connectivity index (χ2v) is 5.39. The number of rotatable bonds is 11. The normalized spacial score (nSPS) is 10.7. The first-order valence-electron chi connectivity index (χ1n) is 7.92. The van der Waals surface area contributed by atoms with Crippen LogP contribution in [0.15, 0.2) is 24.3 Å². The molecule has 1 aromatic rings. The van der Waals surface area contributed by atoms with E-state index >= 15 is 0 Å². The number of carbonyl (C=O) groups is 1. The molecule has 0 unspecified atom stereocenters. The fourth-order valence-corrected chi connectivity index (χ4v) is 2.28. The number of para-hydroxylation sites is 2. The van der Waals surface area contributed by atoms with E-state index in [1.165, 1.54) is 0 Å². The lowest BCUT2D eigenvalue weighted by Gasteiger charge is -2.09. The van der Waals surface area contributed by atoms with Crippen molar-refractivity contribution in [3.05, 3.63) is 24.3 Å². The third-order valence-corrected chi connectivity index (χ3v) is 3.50. The van der Waals surface area contributed by atoms with Gasteiger partial charge in [0.05, 0.1) is 12.8 Å². The number of hydrogen-bond donors (Lipinski definition) is 3. The zero-order chi connectivity index (χ0) is 16.2. The van der Waals surface area contributed by atoms with Gasteiger partial charge < -0.3 is 20.3 Å². The third-order valence-electron chi connectivity index (χ3n) is 3.50. The molecule has 0 fully saturated rings. The molecule has 0 radical (unpaired) electrons. The van der Waals surface area contributed by atoms with E-state index in [2.05, 4.69) is 5.32 Å². The highest BCUT2D eigenvalue weighted by Crippen LogP contribution is 2.23. The Balaban J connectivity index is 2.09. The van der Waals surface area contributed by atoms with E-state index in [4.69, 9.17) is 14.9 Å². The van der Waals surface area contributed by atoms with Crippen LogP contribution in [0, 0.1) is 0 Å². The number of nitrogens with one attached hydrogen (secondary N) is 1. The highest BCUT2D eigenvalue weighted by atomic mass is 16.5. The van der Waals surface area contributed by atoms with Gasteiger partial charge in [0.1, 0.15) is 5.75 Å². The zero-order valence-electron chi connectivity index (χ0n) is 13.3. The fraction of sp³-hybridized carbons (Fsp3) is 0.588. The van der Waals surface area contributed by atoms with Crippen molar-refractivity contribution in [3.8, 4) is 5.75 Å². The van der Waals surface area contributed by atoms with E-state index < -0.39 is 6.29 Å². The first-order valence-corrected chi connectivity index (χ1v) is 7.92. The van der Waals surface area contributed by atoms with Gasteiger partial charge in [0.25, 0.3) is 0 Å². The SMILES string of the molecule is COc1ccccc1NC(=O)CCCCCCCCC(O)O. The van der Waals surface area contributed by atoms with Crippen LogP contribution in [0.25, 0.3) is 0 Å². The van der Waals surface area contributed by atoms with Crippen LogP contribution in [0.1, 0.15) is 51.4 Å². The molecule has 1 rings (SSSR count). The lowest BCUT2D eigenvalue weighted by molar-refractivity contribution is -0.116. The van der Waals surface area contributed by atoms with Crippen molar-refractivity contribution < 1.29 is 19.7 Å². The van der Waals surface area contributed by atoms with Crippen LogP contribution in [-0.2, 0) is 4.79 Å². The smallest absolute Gasteiger partial charge is 0.224 e. The average Bonchev–Trinajstić information content (AvgIpc) is 2.50. The summed E-state index contributed by atoms with van der Waals surface area (Å²) in [6.45, 7) is 0. The summed E-state index contributed by atoms with van der Waals surface area (Å²) in [5.74, 6) is 0.676. The van der Waals surface area contributed by atoms with Crippen molar-refractivity contribution in [1.82, 2.24) is 0 Å². The summed E-state index contributed by atoms with van der Waals surface area (Å²) in [5.41, 5.74) is 0.706. The van der Waals surface area contributed by atoms with Crippen LogP contribution in [0.3, 0.4) is 0 Å². The van der Waals surface area contributed by atoms with Crippen molar-refractivity contribution in [2.45, 2.75) is 57.7 Å². The third kappa shape index (κ3) is 8.00. The molecule has 0 spiro atoms. The number of aliphatic hydroxyl groups is 2. The van der Waals surface area contributed by atoms with Gasteiger partial charge in [-0.05, 0) is 31.4 Å². The lowest BCUT2D eigenvalue weighted by atomic mass is 10.1. The van der Waals surface area contributed by atoms with E-state index in [0.717, 1.165) is 38.5 Å². The van der Waals surface area contributed by atoms with E-state index in [0.29, 0.717) is 24.3 Å². The quantitative estimate of drug-likeness (QED) is 0.433. The number of benzene rings is 1. The molecule has 5 heteroatoms. The minimum Gasteiger partial charge on any atom is -0.495 e. The zero-order valence-corrected chi connectivity index (χ0v) is 13.3. The van der Waals surface area contributed by atoms with Crippen molar-refractivity contribution in [2.75, 3.05) is 12.4 Å². The molecule has 0 heterocycles. The van der Waals surface area contributed by atoms with Gasteiger partial charge in [0, 0.05) is 6.42 Å². The fourth-order valence-electron chi connectivity index (χ4n) is 2.28. The molecule has 5 nitrogen and oxygen atoms in total. The van der Waals surface area contributed by atoms with Gasteiger partial charge in [-0.25, -0.2) is 0 Å². The Morgan fingerprint density at radius 3 is 2.41 bits per heavy atom. The van der Waals surface area contributed by atoms with Crippen LogP contribution in [-0.4, -0.2) is 29.5 Å². The van der Waals surface area contributed by atoms with Crippen LogP contribution in [0.2, 0.25) is 0 Å². The van der Waals surface area contributed by atoms with Crippen LogP contribution >= 0.6 is 0 Å². The number of carbonyl (C=O) groups excluding carboxylic acids is 1. The molecule has 1 aromatic carbocycles. The molecule has 0 atom stereocenters. The van der Waals surface area contributed by atoms with Gasteiger partial charge in [0.2, 0.25) is 5.91 Å². The van der Waals surface area contributed by atoms with E-state index in [-0.39, 0.29) is 5.91 Å². The number of unbranched alkanes of at least 4 members (excludes halogenated alkanes) is 5. The van der Waals surface area contributed by atoms with Crippen LogP contribution < -0.4 is 10.1 Å². The molecular formula is C17H27NO4. The largest absolute Gasteiger partial charge is 0.495 e. The van der Waals surface area contributed by atoms with E-state index in [1.807, 2.05) is 24.3 Å². The Labute approximate surface area is 132 Å². The second-order valence-electron chi connectivity index (χ2n) is 5.39. The molecule has 0 saturated carbocycles. The predicted octanol–water partition coefficient (Wildman–Crippen LogP) is 3.07. The van der Waals surface area contributed by atoms with Crippen molar-refractivity contribution in [1.29, 1.82) is 0 Å². The number of anilines is 1. The molecule has 0 aliphatic rings. The van der Waals surface area contributed by atoms with Crippen molar-refractivity contribution >= 4 is 11.6 Å². The molecule has 3 N–H and O–H groups in total. The number of methoxy groups -OCH3 is 1. The second kappa shape index (κ2) is 11.0. The molecule has 0 aliphatic heterocycles. The molecule has 124 valence electrons. The van der Waals surface area contributed by atoms with E-state index in [9.17, 15) is 4.79 Å². The van der Waals surface area contributed by atoms with E-state index in [1.54, 1.807) is 7.11 Å². The van der Waals surface area contributed by atoms with Gasteiger partial charge in [-0.1, -0.05) is 37.8 Å². The van der Waals surface area contributed by atoms with Crippen LogP contribution in [0.4, 0.5) is 5.69 Å². The summed E-state index contributed by atoms with van der Waals surface area (Å²) < 4.78 is 5.19. The van der Waals surface area contributed by atoms with Crippen molar-refractivity contribution in [3.63, 3.8) is 0 Å². The molecule has 0 saturated heterocycles. The Morgan fingerprint density at radius 2 is 1.73 bits per heavy atom. The Morgan fingerprint density at radius 1 is 1.09 bits per heavy atom. The molecule has 0 bridgehead atoms. The average molecular weight is 309 g/mol. The molecule has 0 aliphatic carbocycles. The Kier molecular flexibility index (Phi) is 9.26. The summed E-state index contributed by atoms with van der Waals surface area (Å²) in [4.78, 5) is 11.9. The lowest BCUT2D eigenvalue weighted by Crippen LogP contribution is -2.11. The highest BCUT2D eigenvalue weighted by Gasteiger charge is 2.06. The molecule has 0 aromatic heterocycles. The van der Waals surface area contributed by atoms with Gasteiger partial charge in [-0.15, -0.1) is 0 Å². The molecular weight excluding hydrogens is 282 g/mol. The number of ether oxygens (including phenoxy) is 1. The molecule has 22 heavy (non-hydrogen) atoms. The van der Waals surface area contributed by atoms with Gasteiger partial charge in [-0.2, -0.15) is 0 Å². The maximum atomic E-state index is 11.9. The van der Waals surface area contributed by atoms with Crippen LogP contribution in [0.5, 0.6) is 5.75 Å². The highest BCUT2D eigenvalue weighted by molar-refractivity contribution is 5.92. The summed E-state index contributed by atoms with van der Waals surface area (Å²) in [6.07, 6.45) is 5.64. The molecule has 1 amide bonds. The van der Waals surface area contributed by atoms with Gasteiger partial charge in [-0.3, -0.25) is 4.79 Å². The monoisotopic (exact) mass is 309 g/mol. The number of hydrogen-bond acceptors (Lipinski definition) is 4. The first kappa shape index (κ1) is 18.5. The van der Waals surface area contributed by atoms with Crippen molar-refractivity contribution in [2.24, 2.45) is 0 Å². The number of amides is 1. The summed E-state index contributed by atoms with van der Waals surface area (Å²) in [5, 5.41) is 20.3. The minimum atomic E-state index is -1.18. The van der Waals surface area contributed by atoms with Gasteiger partial charge in [0.15, 0.2) is 6.29 Å². The standard InChI is InChI=1S/C17H27NO4/c1-22-15-11-9-8-10-14(15)18-16(19)12-6-4-2-3-5-7-13-17(20)21/h8-11,17,20-21H,2-7,12-13H2,1H3,(H,18,19). The summed E-state index contributed by atoms with van der Waals surface area (Å²) >= 11 is 0. The van der Waals surface area contributed by atoms with Gasteiger partial charge >= 0.3 is 0 Å². The Bertz CT molecular complexity index is 434. The summed E-state index contributed by atoms with van der Waals surface area (Å²) in [6, 6.07) is 7.37. The maximum absolute atomic E-state index is 11.9. The number of aliphatic hydroxyl groups excluding tert-OH is 1. The Hall–Kier alpha value is -1.59. The topological polar surface area (TPSA) is 78.8 Å². The predicted molar refractivity (Wildman–Crippen MR) is 86.8 cm³/mol. The maximum Gasteiger partial charge on any atom is 0.224 e. The summed E-state index contributed by atoms with van der Waals surface area (Å²) in [7, 11) is 1.58. The first-order chi connectivity index (χ1) is 10.6. The minimum absolute atomic E-state index is 0.00732.